The van der Waals surface area contributed by atoms with Crippen molar-refractivity contribution in [2.24, 2.45) is 0 Å². The molecule has 0 radical (unpaired) electrons. The topological polar surface area (TPSA) is 69.6 Å². The van der Waals surface area contributed by atoms with Crippen LogP contribution in [0.4, 0.5) is 4.79 Å². The van der Waals surface area contributed by atoms with Gasteiger partial charge in [-0.2, -0.15) is 0 Å². The highest BCUT2D eigenvalue weighted by Crippen LogP contribution is 2.33. The Morgan fingerprint density at radius 2 is 2.00 bits per heavy atom. The Balaban J connectivity index is 2.28. The fourth-order valence-electron chi connectivity index (χ4n) is 2.52. The lowest BCUT2D eigenvalue weighted by molar-refractivity contribution is -0.141. The number of hydrogen-bond donors (Lipinski definition) is 2. The van der Waals surface area contributed by atoms with Crippen LogP contribution in [0.15, 0.2) is 30.3 Å². The van der Waals surface area contributed by atoms with E-state index in [1.807, 2.05) is 30.3 Å². The molecule has 0 bridgehead atoms. The second-order valence-corrected chi connectivity index (χ2v) is 4.34. The zero-order valence-corrected chi connectivity index (χ0v) is 10.2. The molecule has 2 rings (SSSR count). The summed E-state index contributed by atoms with van der Waals surface area (Å²) in [5.41, 5.74) is 0.969. The molecule has 1 heterocycles. The Hall–Kier alpha value is -2.04. The molecule has 2 N–H and O–H groups in total. The highest BCUT2D eigenvalue weighted by molar-refractivity contribution is 5.84. The van der Waals surface area contributed by atoms with Gasteiger partial charge in [0.1, 0.15) is 6.04 Å². The monoisotopic (exact) mass is 248 g/mol. The van der Waals surface area contributed by atoms with Crippen LogP contribution in [-0.2, 0) is 4.79 Å². The fraction of sp³-hybridized carbons (Fsp3) is 0.385. The molecular formula is C13H16N2O3. The van der Waals surface area contributed by atoms with Gasteiger partial charge in [-0.15, -0.1) is 0 Å². The number of carbonyl (C=O) groups excluding carboxylic acids is 1. The molecule has 1 aliphatic heterocycles. The van der Waals surface area contributed by atoms with E-state index in [-0.39, 0.29) is 11.9 Å². The molecule has 5 heteroatoms. The molecule has 2 atom stereocenters. The molecule has 96 valence electrons. The van der Waals surface area contributed by atoms with E-state index in [1.54, 1.807) is 0 Å². The number of carbonyl (C=O) groups is 2. The number of carboxylic acid groups (broad SMARTS) is 1. The number of aliphatic carboxylic acids is 1. The number of rotatable bonds is 2. The van der Waals surface area contributed by atoms with E-state index in [4.69, 9.17) is 0 Å². The van der Waals surface area contributed by atoms with Crippen molar-refractivity contribution in [2.45, 2.75) is 18.4 Å². The van der Waals surface area contributed by atoms with Crippen molar-refractivity contribution in [3.05, 3.63) is 35.9 Å². The van der Waals surface area contributed by atoms with Gasteiger partial charge in [0.15, 0.2) is 0 Å². The van der Waals surface area contributed by atoms with Crippen LogP contribution in [0.1, 0.15) is 17.9 Å². The van der Waals surface area contributed by atoms with Crippen LogP contribution in [0.2, 0.25) is 0 Å². The molecular weight excluding hydrogens is 232 g/mol. The summed E-state index contributed by atoms with van der Waals surface area (Å²) in [6.07, 6.45) is 0.675. The van der Waals surface area contributed by atoms with Gasteiger partial charge < -0.3 is 15.3 Å². The van der Waals surface area contributed by atoms with Crippen LogP contribution >= 0.6 is 0 Å². The van der Waals surface area contributed by atoms with Crippen molar-refractivity contribution in [3.63, 3.8) is 0 Å². The minimum absolute atomic E-state index is 0.138. The van der Waals surface area contributed by atoms with Gasteiger partial charge in [-0.05, 0) is 12.0 Å². The first kappa shape index (κ1) is 12.4. The normalized spacial score (nSPS) is 22.8. The van der Waals surface area contributed by atoms with E-state index in [0.29, 0.717) is 13.0 Å². The number of nitrogens with one attached hydrogen (secondary N) is 1. The highest BCUT2D eigenvalue weighted by atomic mass is 16.4. The number of benzene rings is 1. The number of likely N-dealkylation sites (tertiary alicyclic amines) is 1. The summed E-state index contributed by atoms with van der Waals surface area (Å²) >= 11 is 0. The summed E-state index contributed by atoms with van der Waals surface area (Å²) in [4.78, 5) is 24.4. The van der Waals surface area contributed by atoms with Gasteiger partial charge >= 0.3 is 12.0 Å². The van der Waals surface area contributed by atoms with Crippen molar-refractivity contribution in [2.75, 3.05) is 13.6 Å². The van der Waals surface area contributed by atoms with Crippen molar-refractivity contribution < 1.29 is 14.7 Å². The smallest absolute Gasteiger partial charge is 0.327 e. The van der Waals surface area contributed by atoms with Crippen LogP contribution in [-0.4, -0.2) is 41.6 Å². The van der Waals surface area contributed by atoms with Crippen LogP contribution < -0.4 is 5.32 Å². The number of carboxylic acids is 1. The van der Waals surface area contributed by atoms with E-state index < -0.39 is 12.0 Å². The van der Waals surface area contributed by atoms with Crippen molar-refractivity contribution in [3.8, 4) is 0 Å². The van der Waals surface area contributed by atoms with Crippen molar-refractivity contribution in [1.29, 1.82) is 0 Å². The lowest BCUT2D eigenvalue weighted by Crippen LogP contribution is -2.46. The van der Waals surface area contributed by atoms with Crippen LogP contribution in [0.5, 0.6) is 0 Å². The van der Waals surface area contributed by atoms with Crippen LogP contribution in [0.25, 0.3) is 0 Å². The largest absolute Gasteiger partial charge is 0.480 e. The van der Waals surface area contributed by atoms with E-state index in [9.17, 15) is 14.7 Å². The van der Waals surface area contributed by atoms with Gasteiger partial charge in [-0.1, -0.05) is 30.3 Å². The molecule has 0 unspecified atom stereocenters. The first-order valence-corrected chi connectivity index (χ1v) is 5.91. The Kier molecular flexibility index (Phi) is 3.50. The molecule has 0 aromatic heterocycles. The number of urea groups is 1. The van der Waals surface area contributed by atoms with Gasteiger partial charge in [0, 0.05) is 19.5 Å². The van der Waals surface area contributed by atoms with E-state index >= 15 is 0 Å². The molecule has 1 saturated heterocycles. The summed E-state index contributed by atoms with van der Waals surface area (Å²) in [6.45, 7) is 0.468. The maximum atomic E-state index is 11.7. The third-order valence-corrected chi connectivity index (χ3v) is 3.35. The third kappa shape index (κ3) is 2.16. The molecule has 1 aromatic rings. The minimum Gasteiger partial charge on any atom is -0.480 e. The molecule has 2 amide bonds. The van der Waals surface area contributed by atoms with Gasteiger partial charge in [0.25, 0.3) is 0 Å². The predicted molar refractivity (Wildman–Crippen MR) is 66.4 cm³/mol. The molecule has 1 aliphatic rings. The Bertz CT molecular complexity index is 447. The maximum absolute atomic E-state index is 11.7. The third-order valence-electron chi connectivity index (χ3n) is 3.35. The molecule has 0 spiro atoms. The molecule has 5 nitrogen and oxygen atoms in total. The number of hydrogen-bond acceptors (Lipinski definition) is 2. The first-order chi connectivity index (χ1) is 8.65. The lowest BCUT2D eigenvalue weighted by Gasteiger charge is -2.24. The van der Waals surface area contributed by atoms with Crippen molar-refractivity contribution >= 4 is 12.0 Å². The molecule has 0 saturated carbocycles. The Morgan fingerprint density at radius 3 is 2.56 bits per heavy atom. The average Bonchev–Trinajstić information content (AvgIpc) is 2.83. The molecule has 1 aromatic carbocycles. The van der Waals surface area contributed by atoms with Crippen molar-refractivity contribution in [1.82, 2.24) is 10.2 Å². The SMILES string of the molecule is CNC(=O)N1CC[C@@H](c2ccccc2)[C@@H]1C(=O)O. The van der Waals surface area contributed by atoms with Gasteiger partial charge in [0.05, 0.1) is 0 Å². The van der Waals surface area contributed by atoms with E-state index in [0.717, 1.165) is 5.56 Å². The predicted octanol–water partition coefficient (Wildman–Crippen LogP) is 1.27. The molecule has 0 aliphatic carbocycles. The molecule has 1 fully saturated rings. The summed E-state index contributed by atoms with van der Waals surface area (Å²) in [5.74, 6) is -1.09. The van der Waals surface area contributed by atoms with Gasteiger partial charge in [-0.25, -0.2) is 9.59 Å². The minimum atomic E-state index is -0.954. The highest BCUT2D eigenvalue weighted by Gasteiger charge is 2.42. The van der Waals surface area contributed by atoms with Gasteiger partial charge in [-0.3, -0.25) is 0 Å². The summed E-state index contributed by atoms with van der Waals surface area (Å²) in [7, 11) is 1.51. The summed E-state index contributed by atoms with van der Waals surface area (Å²) in [6, 6.07) is 8.37. The maximum Gasteiger partial charge on any atom is 0.327 e. The quantitative estimate of drug-likeness (QED) is 0.828. The van der Waals surface area contributed by atoms with Crippen LogP contribution in [0.3, 0.4) is 0 Å². The fourth-order valence-corrected chi connectivity index (χ4v) is 2.52. The lowest BCUT2D eigenvalue weighted by atomic mass is 9.92. The number of nitrogens with zero attached hydrogens (tertiary/aromatic N) is 1. The standard InChI is InChI=1S/C13H16N2O3/c1-14-13(18)15-8-7-10(11(15)12(16)17)9-5-3-2-4-6-9/h2-6,10-11H,7-8H2,1H3,(H,14,18)(H,16,17)/t10-,11+/m0/s1. The Morgan fingerprint density at radius 1 is 1.33 bits per heavy atom. The second kappa shape index (κ2) is 5.08. The molecule has 18 heavy (non-hydrogen) atoms. The summed E-state index contributed by atoms with van der Waals surface area (Å²) in [5, 5.41) is 11.8. The van der Waals surface area contributed by atoms with Gasteiger partial charge in [0.2, 0.25) is 0 Å². The Labute approximate surface area is 105 Å². The van der Waals surface area contributed by atoms with E-state index in [2.05, 4.69) is 5.32 Å². The van der Waals surface area contributed by atoms with Crippen LogP contribution in [0, 0.1) is 0 Å². The first-order valence-electron chi connectivity index (χ1n) is 5.91. The van der Waals surface area contributed by atoms with E-state index in [1.165, 1.54) is 11.9 Å². The summed E-state index contributed by atoms with van der Waals surface area (Å²) < 4.78 is 0. The number of amides is 2. The zero-order valence-electron chi connectivity index (χ0n) is 10.2. The second-order valence-electron chi connectivity index (χ2n) is 4.34. The zero-order chi connectivity index (χ0) is 13.1. The average molecular weight is 248 g/mol.